The number of rotatable bonds is 7. The van der Waals surface area contributed by atoms with Crippen LogP contribution in [-0.2, 0) is 9.59 Å². The average molecular weight is 436 g/mol. The first-order chi connectivity index (χ1) is 14.5. The summed E-state index contributed by atoms with van der Waals surface area (Å²) in [4.78, 5) is 31.7. The normalized spacial score (nSPS) is 20.9. The highest BCUT2D eigenvalue weighted by Crippen LogP contribution is 2.19. The van der Waals surface area contributed by atoms with Crippen LogP contribution < -0.4 is 0 Å². The molecule has 7 heteroatoms. The van der Waals surface area contributed by atoms with Crippen LogP contribution >= 0.6 is 11.6 Å². The van der Waals surface area contributed by atoms with E-state index in [1.807, 2.05) is 11.8 Å². The molecule has 1 atom stereocenters. The number of hydrogen-bond acceptors (Lipinski definition) is 3. The van der Waals surface area contributed by atoms with Gasteiger partial charge in [0.05, 0.1) is 5.02 Å². The van der Waals surface area contributed by atoms with Crippen molar-refractivity contribution in [2.24, 2.45) is 0 Å². The summed E-state index contributed by atoms with van der Waals surface area (Å²) in [5, 5.41) is 0.0179. The molecule has 0 saturated carbocycles. The van der Waals surface area contributed by atoms with Gasteiger partial charge in [-0.25, -0.2) is 4.39 Å². The number of halogens is 2. The van der Waals surface area contributed by atoms with Crippen LogP contribution in [0.15, 0.2) is 24.3 Å². The zero-order valence-corrected chi connectivity index (χ0v) is 18.4. The highest BCUT2D eigenvalue weighted by atomic mass is 35.5. The van der Waals surface area contributed by atoms with E-state index in [0.717, 1.165) is 19.5 Å². The van der Waals surface area contributed by atoms with Gasteiger partial charge in [0.2, 0.25) is 11.8 Å². The van der Waals surface area contributed by atoms with Crippen LogP contribution in [0.2, 0.25) is 5.02 Å². The lowest BCUT2D eigenvalue weighted by molar-refractivity contribution is -0.149. The number of likely N-dealkylation sites (tertiary alicyclic amines) is 1. The van der Waals surface area contributed by atoms with Crippen molar-refractivity contribution in [2.45, 2.75) is 45.1 Å². The lowest BCUT2D eigenvalue weighted by atomic mass is 10.1. The lowest BCUT2D eigenvalue weighted by Crippen LogP contribution is -2.58. The third kappa shape index (κ3) is 5.82. The highest BCUT2D eigenvalue weighted by molar-refractivity contribution is 6.30. The summed E-state index contributed by atoms with van der Waals surface area (Å²) in [5.74, 6) is -0.661. The Morgan fingerprint density at radius 3 is 2.63 bits per heavy atom. The molecule has 30 heavy (non-hydrogen) atoms. The number of nitrogens with zero attached hydrogens (tertiary/aromatic N) is 3. The molecule has 3 rings (SSSR count). The number of hydrogen-bond donors (Lipinski definition) is 0. The standard InChI is InChI=1S/C23H31ClFN3O2/c1-2-21-23(30)27(14-6-13-26-11-4-3-5-12-26)15-16-28(21)22(29)10-8-18-7-9-20(25)19(24)17-18/h7-10,17,21H,2-6,11-16H2,1H3/b10-8+. The molecule has 0 aliphatic carbocycles. The molecule has 0 spiro atoms. The number of carbonyl (C=O) groups excluding carboxylic acids is 2. The van der Waals surface area contributed by atoms with E-state index in [1.165, 1.54) is 50.6 Å². The number of carbonyl (C=O) groups is 2. The number of benzene rings is 1. The van der Waals surface area contributed by atoms with Gasteiger partial charge in [0.15, 0.2) is 0 Å². The van der Waals surface area contributed by atoms with Gasteiger partial charge in [-0.05, 0) is 69.1 Å². The Kier molecular flexibility index (Phi) is 8.28. The van der Waals surface area contributed by atoms with Crippen molar-refractivity contribution in [3.05, 3.63) is 40.7 Å². The topological polar surface area (TPSA) is 43.9 Å². The summed E-state index contributed by atoms with van der Waals surface area (Å²) in [7, 11) is 0. The molecule has 0 N–H and O–H groups in total. The first kappa shape index (κ1) is 22.8. The fourth-order valence-corrected chi connectivity index (χ4v) is 4.46. The molecule has 2 aliphatic heterocycles. The minimum atomic E-state index is -0.492. The molecule has 2 amide bonds. The van der Waals surface area contributed by atoms with Crippen molar-refractivity contribution in [3.63, 3.8) is 0 Å². The van der Waals surface area contributed by atoms with Crippen LogP contribution in [-0.4, -0.2) is 71.8 Å². The van der Waals surface area contributed by atoms with E-state index in [1.54, 1.807) is 17.0 Å². The lowest BCUT2D eigenvalue weighted by Gasteiger charge is -2.40. The molecular weight excluding hydrogens is 405 g/mol. The fourth-order valence-electron chi connectivity index (χ4n) is 4.27. The molecule has 2 saturated heterocycles. The molecule has 0 radical (unpaired) electrons. The molecule has 2 aliphatic rings. The average Bonchev–Trinajstić information content (AvgIpc) is 2.76. The van der Waals surface area contributed by atoms with Gasteiger partial charge in [-0.3, -0.25) is 9.59 Å². The third-order valence-corrected chi connectivity index (χ3v) is 6.26. The molecule has 1 unspecified atom stereocenters. The van der Waals surface area contributed by atoms with E-state index in [2.05, 4.69) is 4.90 Å². The Labute approximate surface area is 183 Å². The van der Waals surface area contributed by atoms with Crippen molar-refractivity contribution in [3.8, 4) is 0 Å². The second kappa shape index (κ2) is 10.9. The quantitative estimate of drug-likeness (QED) is 0.611. The van der Waals surface area contributed by atoms with Crippen LogP contribution in [0.1, 0.15) is 44.6 Å². The van der Waals surface area contributed by atoms with Gasteiger partial charge in [-0.1, -0.05) is 31.0 Å². The highest BCUT2D eigenvalue weighted by Gasteiger charge is 2.35. The molecule has 0 bridgehead atoms. The fraction of sp³-hybridized carbons (Fsp3) is 0.565. The first-order valence-corrected chi connectivity index (χ1v) is 11.3. The van der Waals surface area contributed by atoms with E-state index in [0.29, 0.717) is 25.1 Å². The Morgan fingerprint density at radius 2 is 1.93 bits per heavy atom. The van der Waals surface area contributed by atoms with Crippen molar-refractivity contribution < 1.29 is 14.0 Å². The largest absolute Gasteiger partial charge is 0.339 e. The van der Waals surface area contributed by atoms with E-state index in [9.17, 15) is 14.0 Å². The first-order valence-electron chi connectivity index (χ1n) is 10.9. The summed E-state index contributed by atoms with van der Waals surface area (Å²) in [6.45, 7) is 7.14. The second-order valence-corrected chi connectivity index (χ2v) is 8.45. The van der Waals surface area contributed by atoms with Gasteiger partial charge in [-0.2, -0.15) is 0 Å². The van der Waals surface area contributed by atoms with Crippen LogP contribution in [0, 0.1) is 5.82 Å². The van der Waals surface area contributed by atoms with Crippen molar-refractivity contribution in [1.29, 1.82) is 0 Å². The van der Waals surface area contributed by atoms with Gasteiger partial charge in [0.1, 0.15) is 11.9 Å². The molecule has 1 aromatic rings. The van der Waals surface area contributed by atoms with Crippen LogP contribution in [0.3, 0.4) is 0 Å². The molecule has 0 aromatic heterocycles. The van der Waals surface area contributed by atoms with Crippen molar-refractivity contribution in [2.75, 3.05) is 39.3 Å². The van der Waals surface area contributed by atoms with E-state index in [4.69, 9.17) is 11.6 Å². The predicted octanol–water partition coefficient (Wildman–Crippen LogP) is 3.82. The Balaban J connectivity index is 1.54. The molecule has 2 heterocycles. The Hall–Kier alpha value is -1.92. The SMILES string of the molecule is CCC1C(=O)N(CCCN2CCCCC2)CCN1C(=O)/C=C/c1ccc(F)c(Cl)c1. The molecule has 2 fully saturated rings. The van der Waals surface area contributed by atoms with E-state index < -0.39 is 11.9 Å². The van der Waals surface area contributed by atoms with Gasteiger partial charge in [0.25, 0.3) is 0 Å². The Morgan fingerprint density at radius 1 is 1.17 bits per heavy atom. The van der Waals surface area contributed by atoms with E-state index in [-0.39, 0.29) is 16.8 Å². The van der Waals surface area contributed by atoms with Crippen molar-refractivity contribution >= 4 is 29.5 Å². The second-order valence-electron chi connectivity index (χ2n) is 8.04. The molecule has 164 valence electrons. The maximum Gasteiger partial charge on any atom is 0.247 e. The minimum Gasteiger partial charge on any atom is -0.339 e. The van der Waals surface area contributed by atoms with Gasteiger partial charge < -0.3 is 14.7 Å². The summed E-state index contributed by atoms with van der Waals surface area (Å²) < 4.78 is 13.3. The summed E-state index contributed by atoms with van der Waals surface area (Å²) >= 11 is 5.79. The molecule has 1 aromatic carbocycles. The molecular formula is C23H31ClFN3O2. The van der Waals surface area contributed by atoms with E-state index >= 15 is 0 Å². The van der Waals surface area contributed by atoms with Crippen LogP contribution in [0.4, 0.5) is 4.39 Å². The van der Waals surface area contributed by atoms with Gasteiger partial charge in [0, 0.05) is 25.7 Å². The van der Waals surface area contributed by atoms with Gasteiger partial charge >= 0.3 is 0 Å². The zero-order valence-electron chi connectivity index (χ0n) is 17.7. The summed E-state index contributed by atoms with van der Waals surface area (Å²) in [6, 6.07) is 3.88. The maximum absolute atomic E-state index is 13.3. The smallest absolute Gasteiger partial charge is 0.247 e. The van der Waals surface area contributed by atoms with Crippen LogP contribution in [0.5, 0.6) is 0 Å². The maximum atomic E-state index is 13.3. The summed E-state index contributed by atoms with van der Waals surface area (Å²) in [6.07, 6.45) is 8.47. The number of amides is 2. The van der Waals surface area contributed by atoms with Crippen molar-refractivity contribution in [1.82, 2.24) is 14.7 Å². The van der Waals surface area contributed by atoms with Crippen LogP contribution in [0.25, 0.3) is 6.08 Å². The monoisotopic (exact) mass is 435 g/mol. The number of piperidine rings is 1. The number of piperazine rings is 1. The Bertz CT molecular complexity index is 780. The third-order valence-electron chi connectivity index (χ3n) is 5.97. The molecule has 5 nitrogen and oxygen atoms in total. The zero-order chi connectivity index (χ0) is 21.5. The minimum absolute atomic E-state index is 0.0179. The summed E-state index contributed by atoms with van der Waals surface area (Å²) in [5.41, 5.74) is 0.644. The predicted molar refractivity (Wildman–Crippen MR) is 118 cm³/mol. The van der Waals surface area contributed by atoms with Gasteiger partial charge in [-0.15, -0.1) is 0 Å².